The maximum absolute atomic E-state index is 6.04. The van der Waals surface area contributed by atoms with Gasteiger partial charge in [-0.15, -0.1) is 0 Å². The highest BCUT2D eigenvalue weighted by atomic mass is 16.5. The van der Waals surface area contributed by atoms with Gasteiger partial charge in [-0.2, -0.15) is 0 Å². The van der Waals surface area contributed by atoms with Crippen LogP contribution in [0.15, 0.2) is 0 Å². The fourth-order valence-corrected chi connectivity index (χ4v) is 3.13. The third-order valence-corrected chi connectivity index (χ3v) is 4.13. The molecule has 1 N–H and O–H groups in total. The Bertz CT molecular complexity index is 189. The summed E-state index contributed by atoms with van der Waals surface area (Å²) in [6, 6.07) is 0.532. The van der Waals surface area contributed by atoms with Crippen LogP contribution in [0.3, 0.4) is 0 Å². The van der Waals surface area contributed by atoms with Crippen LogP contribution in [0.4, 0.5) is 0 Å². The lowest BCUT2D eigenvalue weighted by molar-refractivity contribution is -0.0683. The van der Waals surface area contributed by atoms with E-state index in [4.69, 9.17) is 4.74 Å². The summed E-state index contributed by atoms with van der Waals surface area (Å²) in [5.74, 6) is 0.816. The molecule has 1 aliphatic rings. The number of nitrogens with one attached hydrogen (secondary N) is 1. The van der Waals surface area contributed by atoms with Crippen molar-refractivity contribution in [3.8, 4) is 0 Å². The summed E-state index contributed by atoms with van der Waals surface area (Å²) in [5, 5.41) is 3.68. The van der Waals surface area contributed by atoms with Crippen molar-refractivity contribution in [2.75, 3.05) is 13.2 Å². The molecule has 2 nitrogen and oxygen atoms in total. The number of hydrogen-bond acceptors (Lipinski definition) is 2. The minimum Gasteiger partial charge on any atom is -0.374 e. The summed E-state index contributed by atoms with van der Waals surface area (Å²) in [6.07, 6.45) is 6.65. The summed E-state index contributed by atoms with van der Waals surface area (Å²) in [7, 11) is 0. The number of ether oxygens (including phenoxy) is 1. The highest BCUT2D eigenvalue weighted by Crippen LogP contribution is 2.35. The van der Waals surface area contributed by atoms with Crippen molar-refractivity contribution in [2.24, 2.45) is 5.92 Å². The lowest BCUT2D eigenvalue weighted by atomic mass is 9.82. The standard InChI is InChI=1S/C14H29NO/c1-5-14(4,16-7-3)13(15-6-2)12-10-8-9-11-12/h12-13,15H,5-11H2,1-4H3. The summed E-state index contributed by atoms with van der Waals surface area (Å²) in [6.45, 7) is 10.7. The van der Waals surface area contributed by atoms with E-state index in [1.807, 2.05) is 0 Å². The topological polar surface area (TPSA) is 21.3 Å². The van der Waals surface area contributed by atoms with Crippen LogP contribution in [0.25, 0.3) is 0 Å². The zero-order valence-corrected chi connectivity index (χ0v) is 11.5. The maximum Gasteiger partial charge on any atom is 0.0806 e. The van der Waals surface area contributed by atoms with Gasteiger partial charge in [0, 0.05) is 12.6 Å². The molecule has 0 saturated heterocycles. The van der Waals surface area contributed by atoms with E-state index in [1.54, 1.807) is 0 Å². The minimum atomic E-state index is 0.0137. The fraction of sp³-hybridized carbons (Fsp3) is 1.00. The predicted molar refractivity (Wildman–Crippen MR) is 69.7 cm³/mol. The Labute approximate surface area is 101 Å². The van der Waals surface area contributed by atoms with Crippen molar-refractivity contribution in [1.82, 2.24) is 5.32 Å². The molecule has 2 unspecified atom stereocenters. The van der Waals surface area contributed by atoms with E-state index in [0.29, 0.717) is 6.04 Å². The van der Waals surface area contributed by atoms with Gasteiger partial charge < -0.3 is 10.1 Å². The molecule has 0 aromatic heterocycles. The molecule has 1 aliphatic carbocycles. The molecule has 0 bridgehead atoms. The zero-order chi connectivity index (χ0) is 12.0. The SMILES string of the molecule is CCNC(C1CCCC1)C(C)(CC)OCC. The molecule has 0 radical (unpaired) electrons. The monoisotopic (exact) mass is 227 g/mol. The van der Waals surface area contributed by atoms with Crippen LogP contribution >= 0.6 is 0 Å². The number of hydrogen-bond donors (Lipinski definition) is 1. The highest BCUT2D eigenvalue weighted by molar-refractivity contribution is 4.94. The average Bonchev–Trinajstić information content (AvgIpc) is 2.79. The summed E-state index contributed by atoms with van der Waals surface area (Å²) in [4.78, 5) is 0. The Morgan fingerprint density at radius 2 is 1.88 bits per heavy atom. The van der Waals surface area contributed by atoms with Gasteiger partial charge in [-0.3, -0.25) is 0 Å². The summed E-state index contributed by atoms with van der Waals surface area (Å²) in [5.41, 5.74) is 0.0137. The quantitative estimate of drug-likeness (QED) is 0.720. The molecule has 0 aromatic rings. The van der Waals surface area contributed by atoms with Crippen LogP contribution in [-0.2, 0) is 4.74 Å². The molecular formula is C14H29NO. The Morgan fingerprint density at radius 3 is 2.31 bits per heavy atom. The molecule has 1 rings (SSSR count). The van der Waals surface area contributed by atoms with Crippen LogP contribution in [0.1, 0.15) is 59.8 Å². The maximum atomic E-state index is 6.04. The van der Waals surface area contributed by atoms with E-state index in [-0.39, 0.29) is 5.60 Å². The smallest absolute Gasteiger partial charge is 0.0806 e. The highest BCUT2D eigenvalue weighted by Gasteiger charge is 2.39. The van der Waals surface area contributed by atoms with Crippen LogP contribution in [0.2, 0.25) is 0 Å². The van der Waals surface area contributed by atoms with E-state index in [0.717, 1.165) is 25.5 Å². The lowest BCUT2D eigenvalue weighted by Crippen LogP contribution is -2.54. The summed E-state index contributed by atoms with van der Waals surface area (Å²) < 4.78 is 6.04. The third-order valence-electron chi connectivity index (χ3n) is 4.13. The number of likely N-dealkylation sites (N-methyl/N-ethyl adjacent to an activating group) is 1. The average molecular weight is 227 g/mol. The molecule has 96 valence electrons. The van der Waals surface area contributed by atoms with Gasteiger partial charge in [0.1, 0.15) is 0 Å². The molecule has 2 atom stereocenters. The van der Waals surface area contributed by atoms with Gasteiger partial charge in [-0.1, -0.05) is 26.7 Å². The zero-order valence-electron chi connectivity index (χ0n) is 11.5. The second-order valence-electron chi connectivity index (χ2n) is 5.18. The molecule has 0 aromatic carbocycles. The minimum absolute atomic E-state index is 0.0137. The van der Waals surface area contributed by atoms with Gasteiger partial charge in [0.15, 0.2) is 0 Å². The second kappa shape index (κ2) is 6.61. The first-order chi connectivity index (χ1) is 7.68. The van der Waals surface area contributed by atoms with Crippen molar-refractivity contribution >= 4 is 0 Å². The van der Waals surface area contributed by atoms with Crippen molar-refractivity contribution < 1.29 is 4.74 Å². The van der Waals surface area contributed by atoms with E-state index in [1.165, 1.54) is 25.7 Å². The van der Waals surface area contributed by atoms with Crippen LogP contribution in [0.5, 0.6) is 0 Å². The van der Waals surface area contributed by atoms with Gasteiger partial charge in [0.2, 0.25) is 0 Å². The Hall–Kier alpha value is -0.0800. The van der Waals surface area contributed by atoms with Gasteiger partial charge in [-0.25, -0.2) is 0 Å². The molecule has 1 fully saturated rings. The first kappa shape index (κ1) is 14.0. The van der Waals surface area contributed by atoms with Crippen LogP contribution < -0.4 is 5.32 Å². The largest absolute Gasteiger partial charge is 0.374 e. The summed E-state index contributed by atoms with van der Waals surface area (Å²) >= 11 is 0. The van der Waals surface area contributed by atoms with Crippen molar-refractivity contribution in [2.45, 2.75) is 71.4 Å². The normalized spacial score (nSPS) is 23.2. The van der Waals surface area contributed by atoms with Crippen molar-refractivity contribution in [1.29, 1.82) is 0 Å². The molecule has 0 spiro atoms. The molecule has 0 aliphatic heterocycles. The van der Waals surface area contributed by atoms with Gasteiger partial charge in [0.25, 0.3) is 0 Å². The molecule has 1 saturated carbocycles. The Morgan fingerprint density at radius 1 is 1.25 bits per heavy atom. The van der Waals surface area contributed by atoms with Crippen LogP contribution in [-0.4, -0.2) is 24.8 Å². The van der Waals surface area contributed by atoms with E-state index >= 15 is 0 Å². The Balaban J connectivity index is 2.71. The molecule has 16 heavy (non-hydrogen) atoms. The first-order valence-corrected chi connectivity index (χ1v) is 7.05. The van der Waals surface area contributed by atoms with E-state index in [2.05, 4.69) is 33.0 Å². The third kappa shape index (κ3) is 3.21. The first-order valence-electron chi connectivity index (χ1n) is 7.05. The molecule has 2 heteroatoms. The lowest BCUT2D eigenvalue weighted by Gasteiger charge is -2.40. The fourth-order valence-electron chi connectivity index (χ4n) is 3.13. The number of rotatable bonds is 7. The van der Waals surface area contributed by atoms with Crippen molar-refractivity contribution in [3.63, 3.8) is 0 Å². The molecule has 0 heterocycles. The molecular weight excluding hydrogens is 198 g/mol. The predicted octanol–water partition coefficient (Wildman–Crippen LogP) is 3.36. The van der Waals surface area contributed by atoms with Gasteiger partial charge >= 0.3 is 0 Å². The van der Waals surface area contributed by atoms with E-state index in [9.17, 15) is 0 Å². The van der Waals surface area contributed by atoms with E-state index < -0.39 is 0 Å². The molecule has 0 amide bonds. The van der Waals surface area contributed by atoms with Crippen molar-refractivity contribution in [3.05, 3.63) is 0 Å². The van der Waals surface area contributed by atoms with Gasteiger partial charge in [-0.05, 0) is 45.6 Å². The Kier molecular flexibility index (Phi) is 5.77. The van der Waals surface area contributed by atoms with Gasteiger partial charge in [0.05, 0.1) is 5.60 Å². The second-order valence-corrected chi connectivity index (χ2v) is 5.18. The van der Waals surface area contributed by atoms with Crippen LogP contribution in [0, 0.1) is 5.92 Å².